The van der Waals surface area contributed by atoms with E-state index in [1.54, 1.807) is 6.08 Å². The first-order valence-corrected chi connectivity index (χ1v) is 9.45. The molecule has 0 saturated heterocycles. The van der Waals surface area contributed by atoms with Gasteiger partial charge in [-0.25, -0.2) is 0 Å². The molecule has 0 saturated carbocycles. The van der Waals surface area contributed by atoms with Gasteiger partial charge in [-0.2, -0.15) is 0 Å². The molecule has 24 heavy (non-hydrogen) atoms. The average Bonchev–Trinajstić information content (AvgIpc) is 2.78. The zero-order valence-corrected chi connectivity index (χ0v) is 16.2. The quantitative estimate of drug-likeness (QED) is 0.540. The smallest absolute Gasteiger partial charge is 0.170 e. The molecule has 136 valence electrons. The molecule has 3 nitrogen and oxygen atoms in total. The summed E-state index contributed by atoms with van der Waals surface area (Å²) in [5.74, 6) is 0.396. The topological polar surface area (TPSA) is 51.2 Å². The number of carbonyl (C=O) groups is 3. The fourth-order valence-corrected chi connectivity index (χ4v) is 3.19. The van der Waals surface area contributed by atoms with Crippen LogP contribution in [0.4, 0.5) is 0 Å². The van der Waals surface area contributed by atoms with E-state index in [2.05, 4.69) is 27.7 Å². The highest BCUT2D eigenvalue weighted by Crippen LogP contribution is 2.35. The molecule has 0 heterocycles. The second-order valence-corrected chi connectivity index (χ2v) is 8.47. The van der Waals surface area contributed by atoms with Crippen molar-refractivity contribution >= 4 is 17.3 Å². The monoisotopic (exact) mass is 334 g/mol. The lowest BCUT2D eigenvalue weighted by Crippen LogP contribution is -2.25. The number of allylic oxidation sites excluding steroid dienone is 2. The van der Waals surface area contributed by atoms with Gasteiger partial charge >= 0.3 is 0 Å². The number of hydrogen-bond donors (Lipinski definition) is 0. The molecule has 0 aromatic rings. The van der Waals surface area contributed by atoms with E-state index in [0.29, 0.717) is 36.7 Å². The van der Waals surface area contributed by atoms with Crippen LogP contribution < -0.4 is 0 Å². The molecule has 0 aromatic carbocycles. The van der Waals surface area contributed by atoms with E-state index in [-0.39, 0.29) is 35.1 Å². The van der Waals surface area contributed by atoms with Crippen LogP contribution in [0.5, 0.6) is 0 Å². The molecule has 2 unspecified atom stereocenters. The van der Waals surface area contributed by atoms with Crippen molar-refractivity contribution in [3.05, 3.63) is 11.6 Å². The van der Waals surface area contributed by atoms with Crippen LogP contribution in [0.1, 0.15) is 73.6 Å². The Morgan fingerprint density at radius 3 is 2.04 bits per heavy atom. The van der Waals surface area contributed by atoms with Gasteiger partial charge in [-0.3, -0.25) is 14.4 Å². The van der Waals surface area contributed by atoms with Crippen molar-refractivity contribution in [1.29, 1.82) is 0 Å². The van der Waals surface area contributed by atoms with Crippen molar-refractivity contribution < 1.29 is 14.4 Å². The summed E-state index contributed by atoms with van der Waals surface area (Å²) in [5, 5.41) is 0. The predicted molar refractivity (Wildman–Crippen MR) is 97.7 cm³/mol. The third-order valence-electron chi connectivity index (χ3n) is 4.67. The summed E-state index contributed by atoms with van der Waals surface area (Å²) >= 11 is 0. The van der Waals surface area contributed by atoms with E-state index < -0.39 is 0 Å². The zero-order chi connectivity index (χ0) is 18.4. The molecule has 0 fully saturated rings. The summed E-state index contributed by atoms with van der Waals surface area (Å²) in [5.41, 5.74) is 0.292. The maximum atomic E-state index is 12.8. The van der Waals surface area contributed by atoms with Gasteiger partial charge in [0.05, 0.1) is 5.57 Å². The van der Waals surface area contributed by atoms with Crippen LogP contribution in [0.2, 0.25) is 0 Å². The Bertz CT molecular complexity index is 497. The summed E-state index contributed by atoms with van der Waals surface area (Å²) in [6.45, 7) is 12.4. The highest BCUT2D eigenvalue weighted by Gasteiger charge is 2.41. The lowest BCUT2D eigenvalue weighted by atomic mass is 9.83. The minimum absolute atomic E-state index is 0.0933. The predicted octanol–water partition coefficient (Wildman–Crippen LogP) is 4.78. The Balaban J connectivity index is 2.94. The van der Waals surface area contributed by atoms with Crippen LogP contribution in [-0.2, 0) is 14.4 Å². The summed E-state index contributed by atoms with van der Waals surface area (Å²) in [6.07, 6.45) is 5.01. The SMILES string of the molecule is CC(C)CCC(=O)C1C=C(C(=O)CC(C)C)C(=O)C1CCC(C)C. The molecule has 1 aliphatic carbocycles. The Morgan fingerprint density at radius 2 is 1.54 bits per heavy atom. The van der Waals surface area contributed by atoms with Crippen molar-refractivity contribution in [3.8, 4) is 0 Å². The molecule has 1 aliphatic rings. The van der Waals surface area contributed by atoms with Gasteiger partial charge in [0.2, 0.25) is 0 Å². The second kappa shape index (κ2) is 9.29. The molecule has 1 rings (SSSR count). The lowest BCUT2D eigenvalue weighted by Gasteiger charge is -2.18. The fourth-order valence-electron chi connectivity index (χ4n) is 3.19. The Hall–Kier alpha value is -1.25. The van der Waals surface area contributed by atoms with Gasteiger partial charge in [-0.1, -0.05) is 54.0 Å². The summed E-state index contributed by atoms with van der Waals surface area (Å²) in [6, 6.07) is 0. The van der Waals surface area contributed by atoms with E-state index >= 15 is 0 Å². The highest BCUT2D eigenvalue weighted by atomic mass is 16.2. The molecule has 3 heteroatoms. The van der Waals surface area contributed by atoms with Gasteiger partial charge < -0.3 is 0 Å². The third-order valence-corrected chi connectivity index (χ3v) is 4.67. The van der Waals surface area contributed by atoms with Gasteiger partial charge in [0.25, 0.3) is 0 Å². The van der Waals surface area contributed by atoms with E-state index in [0.717, 1.165) is 12.8 Å². The van der Waals surface area contributed by atoms with E-state index in [4.69, 9.17) is 0 Å². The first-order chi connectivity index (χ1) is 11.1. The third kappa shape index (κ3) is 5.99. The largest absolute Gasteiger partial charge is 0.299 e. The van der Waals surface area contributed by atoms with Crippen LogP contribution in [-0.4, -0.2) is 17.3 Å². The Kier molecular flexibility index (Phi) is 8.05. The summed E-state index contributed by atoms with van der Waals surface area (Å²) < 4.78 is 0. The van der Waals surface area contributed by atoms with Gasteiger partial charge in [-0.15, -0.1) is 0 Å². The zero-order valence-electron chi connectivity index (χ0n) is 16.2. The van der Waals surface area contributed by atoms with E-state index in [1.165, 1.54) is 0 Å². The molecule has 0 N–H and O–H groups in total. The number of hydrogen-bond acceptors (Lipinski definition) is 3. The number of carbonyl (C=O) groups excluding carboxylic acids is 3. The first kappa shape index (κ1) is 20.8. The second-order valence-electron chi connectivity index (χ2n) is 8.47. The van der Waals surface area contributed by atoms with E-state index in [1.807, 2.05) is 13.8 Å². The molecule has 0 bridgehead atoms. The fraction of sp³-hybridized carbons (Fsp3) is 0.762. The normalized spacial score (nSPS) is 21.0. The Morgan fingerprint density at radius 1 is 0.958 bits per heavy atom. The van der Waals surface area contributed by atoms with Crippen molar-refractivity contribution in [1.82, 2.24) is 0 Å². The molecule has 0 amide bonds. The number of rotatable bonds is 10. The van der Waals surface area contributed by atoms with Crippen LogP contribution >= 0.6 is 0 Å². The standard InChI is InChI=1S/C21H34O3/c1-13(2)7-9-16-17(19(22)10-8-14(3)4)12-18(21(16)24)20(23)11-15(5)6/h12-17H,7-11H2,1-6H3. The molecule has 0 aliphatic heterocycles. The lowest BCUT2D eigenvalue weighted by molar-refractivity contribution is -0.129. The molecular formula is C21H34O3. The highest BCUT2D eigenvalue weighted by molar-refractivity contribution is 6.23. The van der Waals surface area contributed by atoms with Crippen LogP contribution in [0.25, 0.3) is 0 Å². The van der Waals surface area contributed by atoms with Gasteiger partial charge in [0.15, 0.2) is 11.6 Å². The van der Waals surface area contributed by atoms with Crippen LogP contribution in [0.3, 0.4) is 0 Å². The minimum Gasteiger partial charge on any atom is -0.299 e. The average molecular weight is 335 g/mol. The number of ketones is 3. The van der Waals surface area contributed by atoms with Crippen molar-refractivity contribution in [3.63, 3.8) is 0 Å². The van der Waals surface area contributed by atoms with Gasteiger partial charge in [0, 0.05) is 24.7 Å². The maximum absolute atomic E-state index is 12.8. The van der Waals surface area contributed by atoms with Gasteiger partial charge in [0.1, 0.15) is 5.78 Å². The molecule has 0 radical (unpaired) electrons. The number of Topliss-reactive ketones (excluding diaryl/α,β-unsaturated/α-hetero) is 3. The van der Waals surface area contributed by atoms with Crippen molar-refractivity contribution in [2.45, 2.75) is 73.6 Å². The van der Waals surface area contributed by atoms with Crippen LogP contribution in [0.15, 0.2) is 11.6 Å². The summed E-state index contributed by atoms with van der Waals surface area (Å²) in [4.78, 5) is 37.8. The molecule has 0 aromatic heterocycles. The van der Waals surface area contributed by atoms with E-state index in [9.17, 15) is 14.4 Å². The molecule has 0 spiro atoms. The van der Waals surface area contributed by atoms with Crippen LogP contribution in [0, 0.1) is 29.6 Å². The Labute approximate surface area is 147 Å². The summed E-state index contributed by atoms with van der Waals surface area (Å²) in [7, 11) is 0. The minimum atomic E-state index is -0.388. The van der Waals surface area contributed by atoms with Crippen molar-refractivity contribution in [2.24, 2.45) is 29.6 Å². The first-order valence-electron chi connectivity index (χ1n) is 9.45. The molecule has 2 atom stereocenters. The maximum Gasteiger partial charge on any atom is 0.170 e. The van der Waals surface area contributed by atoms with Crippen molar-refractivity contribution in [2.75, 3.05) is 0 Å². The van der Waals surface area contributed by atoms with Gasteiger partial charge in [-0.05, 0) is 30.6 Å². The molecular weight excluding hydrogens is 300 g/mol.